The highest BCUT2D eigenvalue weighted by Crippen LogP contribution is 2.44. The van der Waals surface area contributed by atoms with Crippen molar-refractivity contribution in [2.45, 2.75) is 57.0 Å². The van der Waals surface area contributed by atoms with Crippen LogP contribution in [0.5, 0.6) is 0 Å². The maximum Gasteiger partial charge on any atom is 0.225 e. The van der Waals surface area contributed by atoms with Crippen LogP contribution in [0.3, 0.4) is 0 Å². The number of carbonyl (C=O) groups excluding carboxylic acids is 1. The van der Waals surface area contributed by atoms with Crippen molar-refractivity contribution < 1.29 is 9.53 Å². The number of nitrogens with one attached hydrogen (secondary N) is 1. The quantitative estimate of drug-likeness (QED) is 0.893. The number of ether oxygens (including phenoxy) is 1. The van der Waals surface area contributed by atoms with Crippen LogP contribution in [0, 0.1) is 5.92 Å². The second-order valence-electron chi connectivity index (χ2n) is 6.48. The van der Waals surface area contributed by atoms with Gasteiger partial charge < -0.3 is 14.6 Å². The molecule has 1 aliphatic heterocycles. The Morgan fingerprint density at radius 1 is 1.24 bits per heavy atom. The highest BCUT2D eigenvalue weighted by atomic mass is 16.5. The van der Waals surface area contributed by atoms with Gasteiger partial charge in [0.05, 0.1) is 19.1 Å². The minimum atomic E-state index is -0.000973. The molecule has 1 aromatic rings. The van der Waals surface area contributed by atoms with Gasteiger partial charge in [-0.2, -0.15) is 0 Å². The molecule has 4 rings (SSSR count). The summed E-state index contributed by atoms with van der Waals surface area (Å²) in [5.41, 5.74) is 0. The Balaban J connectivity index is 1.41. The average Bonchev–Trinajstić information content (AvgIpc) is 3.44. The number of amides is 1. The first-order valence-electron chi connectivity index (χ1n) is 8.12. The predicted octanol–water partition coefficient (Wildman–Crippen LogP) is 1.53. The Morgan fingerprint density at radius 3 is 2.76 bits per heavy atom. The predicted molar refractivity (Wildman–Crippen MR) is 75.7 cm³/mol. The fourth-order valence-corrected chi connectivity index (χ4v) is 3.07. The number of aromatic nitrogens is 3. The lowest BCUT2D eigenvalue weighted by atomic mass is 10.0. The van der Waals surface area contributed by atoms with Gasteiger partial charge in [-0.15, -0.1) is 10.2 Å². The van der Waals surface area contributed by atoms with E-state index in [0.717, 1.165) is 31.1 Å². The molecule has 2 saturated carbocycles. The summed E-state index contributed by atoms with van der Waals surface area (Å²) in [6, 6.07) is 0.570. The van der Waals surface area contributed by atoms with E-state index >= 15 is 0 Å². The maximum absolute atomic E-state index is 12.2. The molecule has 1 N–H and O–H groups in total. The van der Waals surface area contributed by atoms with Crippen LogP contribution in [0.15, 0.2) is 0 Å². The summed E-state index contributed by atoms with van der Waals surface area (Å²) < 4.78 is 7.66. The zero-order chi connectivity index (χ0) is 14.2. The highest BCUT2D eigenvalue weighted by Gasteiger charge is 2.36. The SMILES string of the molecule is O=C(NCc1nnc(C2CC2)n1C1CC1)[C@H]1CCCOC1. The second kappa shape index (κ2) is 5.40. The smallest absolute Gasteiger partial charge is 0.225 e. The Labute approximate surface area is 124 Å². The molecule has 2 heterocycles. The van der Waals surface area contributed by atoms with Gasteiger partial charge in [0, 0.05) is 18.6 Å². The van der Waals surface area contributed by atoms with Crippen molar-refractivity contribution >= 4 is 5.91 Å². The molecule has 0 unspecified atom stereocenters. The summed E-state index contributed by atoms with van der Waals surface area (Å²) in [7, 11) is 0. The molecular weight excluding hydrogens is 268 g/mol. The number of carbonyl (C=O) groups is 1. The van der Waals surface area contributed by atoms with Crippen LogP contribution in [0.4, 0.5) is 0 Å². The summed E-state index contributed by atoms with van der Waals surface area (Å²) >= 11 is 0. The van der Waals surface area contributed by atoms with E-state index in [-0.39, 0.29) is 11.8 Å². The third-order valence-electron chi connectivity index (χ3n) is 4.60. The minimum Gasteiger partial charge on any atom is -0.381 e. The Morgan fingerprint density at radius 2 is 2.10 bits per heavy atom. The van der Waals surface area contributed by atoms with Crippen molar-refractivity contribution in [1.29, 1.82) is 0 Å². The zero-order valence-electron chi connectivity index (χ0n) is 12.3. The summed E-state index contributed by atoms with van der Waals surface area (Å²) in [6.45, 7) is 1.82. The van der Waals surface area contributed by atoms with Gasteiger partial charge in [-0.3, -0.25) is 4.79 Å². The molecule has 0 aromatic carbocycles. The largest absolute Gasteiger partial charge is 0.381 e. The molecule has 0 radical (unpaired) electrons. The summed E-state index contributed by atoms with van der Waals surface area (Å²) in [5, 5.41) is 11.7. The van der Waals surface area contributed by atoms with Crippen molar-refractivity contribution in [2.24, 2.45) is 5.92 Å². The van der Waals surface area contributed by atoms with Gasteiger partial charge >= 0.3 is 0 Å². The number of rotatable bonds is 5. The molecule has 0 bridgehead atoms. The monoisotopic (exact) mass is 290 g/mol. The first-order valence-corrected chi connectivity index (χ1v) is 8.12. The molecular formula is C15H22N4O2. The first kappa shape index (κ1) is 13.2. The standard InChI is InChI=1S/C15H22N4O2/c20-15(11-2-1-7-21-9-11)16-8-13-17-18-14(10-3-4-10)19(13)12-5-6-12/h10-12H,1-9H2,(H,16,20)/t11-/m0/s1. The molecule has 6 heteroatoms. The van der Waals surface area contributed by atoms with Gasteiger partial charge in [0.15, 0.2) is 5.82 Å². The lowest BCUT2D eigenvalue weighted by molar-refractivity contribution is -0.129. The van der Waals surface area contributed by atoms with Gasteiger partial charge in [-0.25, -0.2) is 0 Å². The lowest BCUT2D eigenvalue weighted by Crippen LogP contribution is -2.35. The lowest BCUT2D eigenvalue weighted by Gasteiger charge is -2.21. The third kappa shape index (κ3) is 2.81. The van der Waals surface area contributed by atoms with Crippen LogP contribution in [0.2, 0.25) is 0 Å². The summed E-state index contributed by atoms with van der Waals surface area (Å²) in [5.74, 6) is 2.76. The molecule has 6 nitrogen and oxygen atoms in total. The van der Waals surface area contributed by atoms with Crippen molar-refractivity contribution in [2.75, 3.05) is 13.2 Å². The van der Waals surface area contributed by atoms with Gasteiger partial charge in [-0.05, 0) is 38.5 Å². The van der Waals surface area contributed by atoms with Crippen molar-refractivity contribution in [1.82, 2.24) is 20.1 Å². The third-order valence-corrected chi connectivity index (χ3v) is 4.60. The average molecular weight is 290 g/mol. The molecule has 21 heavy (non-hydrogen) atoms. The van der Waals surface area contributed by atoms with Crippen LogP contribution in [-0.4, -0.2) is 33.9 Å². The minimum absolute atomic E-state index is 0.000973. The van der Waals surface area contributed by atoms with E-state index in [9.17, 15) is 4.79 Å². The molecule has 1 aromatic heterocycles. The highest BCUT2D eigenvalue weighted by molar-refractivity contribution is 5.78. The molecule has 114 valence electrons. The van der Waals surface area contributed by atoms with E-state index in [1.807, 2.05) is 0 Å². The zero-order valence-corrected chi connectivity index (χ0v) is 12.3. The molecule has 2 aliphatic carbocycles. The first-order chi connectivity index (χ1) is 10.3. The molecule has 0 spiro atoms. The van der Waals surface area contributed by atoms with Gasteiger partial charge in [0.25, 0.3) is 0 Å². The van der Waals surface area contributed by atoms with Crippen LogP contribution in [-0.2, 0) is 16.1 Å². The van der Waals surface area contributed by atoms with E-state index in [1.165, 1.54) is 25.7 Å². The number of hydrogen-bond donors (Lipinski definition) is 1. The Bertz CT molecular complexity index is 528. The number of nitrogens with zero attached hydrogens (tertiary/aromatic N) is 3. The van der Waals surface area contributed by atoms with E-state index < -0.39 is 0 Å². The summed E-state index contributed by atoms with van der Waals surface area (Å²) in [4.78, 5) is 12.2. The van der Waals surface area contributed by atoms with E-state index in [4.69, 9.17) is 4.74 Å². The number of hydrogen-bond acceptors (Lipinski definition) is 4. The summed E-state index contributed by atoms with van der Waals surface area (Å²) in [6.07, 6.45) is 6.80. The van der Waals surface area contributed by atoms with Crippen LogP contribution in [0.1, 0.15) is 62.1 Å². The van der Waals surface area contributed by atoms with E-state index in [1.54, 1.807) is 0 Å². The van der Waals surface area contributed by atoms with Gasteiger partial charge in [0.1, 0.15) is 5.82 Å². The Hall–Kier alpha value is -1.43. The van der Waals surface area contributed by atoms with Crippen molar-refractivity contribution in [3.8, 4) is 0 Å². The topological polar surface area (TPSA) is 69.0 Å². The molecule has 3 fully saturated rings. The van der Waals surface area contributed by atoms with E-state index in [2.05, 4.69) is 20.1 Å². The Kier molecular flexibility index (Phi) is 3.41. The fourth-order valence-electron chi connectivity index (χ4n) is 3.07. The molecule has 1 amide bonds. The van der Waals surface area contributed by atoms with Crippen LogP contribution in [0.25, 0.3) is 0 Å². The second-order valence-corrected chi connectivity index (χ2v) is 6.48. The normalized spacial score (nSPS) is 25.8. The van der Waals surface area contributed by atoms with Crippen molar-refractivity contribution in [3.05, 3.63) is 11.6 Å². The van der Waals surface area contributed by atoms with Crippen LogP contribution < -0.4 is 5.32 Å². The van der Waals surface area contributed by atoms with Crippen molar-refractivity contribution in [3.63, 3.8) is 0 Å². The fraction of sp³-hybridized carbons (Fsp3) is 0.800. The molecule has 1 saturated heterocycles. The molecule has 1 atom stereocenters. The molecule has 3 aliphatic rings. The van der Waals surface area contributed by atoms with E-state index in [0.29, 0.717) is 25.1 Å². The maximum atomic E-state index is 12.2. The van der Waals surface area contributed by atoms with Crippen LogP contribution >= 0.6 is 0 Å². The van der Waals surface area contributed by atoms with Gasteiger partial charge in [0.2, 0.25) is 5.91 Å². The van der Waals surface area contributed by atoms with Gasteiger partial charge in [-0.1, -0.05) is 0 Å².